The quantitative estimate of drug-likeness (QED) is 0.761. The Morgan fingerprint density at radius 1 is 0.957 bits per heavy atom. The van der Waals surface area contributed by atoms with Crippen molar-refractivity contribution >= 4 is 0 Å². The maximum Gasteiger partial charge on any atom is 0.123 e. The van der Waals surface area contributed by atoms with Crippen molar-refractivity contribution in [3.8, 4) is 5.75 Å². The van der Waals surface area contributed by atoms with Crippen LogP contribution in [-0.4, -0.2) is 25.1 Å². The molecule has 2 rings (SSSR count). The van der Waals surface area contributed by atoms with Crippen LogP contribution in [0.4, 0.5) is 0 Å². The molecule has 0 saturated heterocycles. The SMILES string of the molecule is CCNCc1ccc(CN(CC)Cc2ccccc2)cc1OC. The minimum Gasteiger partial charge on any atom is -0.496 e. The molecular weight excluding hydrogens is 284 g/mol. The maximum absolute atomic E-state index is 5.56. The Bertz CT molecular complexity index is 583. The second kappa shape index (κ2) is 9.33. The zero-order chi connectivity index (χ0) is 16.5. The molecule has 2 aromatic carbocycles. The van der Waals surface area contributed by atoms with Crippen LogP contribution in [0.15, 0.2) is 48.5 Å². The third kappa shape index (κ3) is 5.38. The number of hydrogen-bond donors (Lipinski definition) is 1. The summed E-state index contributed by atoms with van der Waals surface area (Å²) < 4.78 is 5.56. The van der Waals surface area contributed by atoms with Crippen molar-refractivity contribution in [1.82, 2.24) is 10.2 Å². The Morgan fingerprint density at radius 3 is 2.35 bits per heavy atom. The van der Waals surface area contributed by atoms with E-state index in [2.05, 4.69) is 72.6 Å². The van der Waals surface area contributed by atoms with Gasteiger partial charge in [0, 0.05) is 25.2 Å². The molecule has 0 aliphatic carbocycles. The van der Waals surface area contributed by atoms with E-state index >= 15 is 0 Å². The molecule has 0 unspecified atom stereocenters. The highest BCUT2D eigenvalue weighted by Crippen LogP contribution is 2.21. The molecule has 2 aromatic rings. The standard InChI is InChI=1S/C20H28N2O/c1-4-21-14-19-12-11-18(13-20(19)23-3)16-22(5-2)15-17-9-7-6-8-10-17/h6-13,21H,4-5,14-16H2,1-3H3. The van der Waals surface area contributed by atoms with Gasteiger partial charge in [-0.05, 0) is 30.3 Å². The summed E-state index contributed by atoms with van der Waals surface area (Å²) in [6.45, 7) is 9.06. The third-order valence-electron chi connectivity index (χ3n) is 4.02. The van der Waals surface area contributed by atoms with Crippen LogP contribution < -0.4 is 10.1 Å². The number of methoxy groups -OCH3 is 1. The highest BCUT2D eigenvalue weighted by molar-refractivity contribution is 5.37. The highest BCUT2D eigenvalue weighted by atomic mass is 16.5. The van der Waals surface area contributed by atoms with Gasteiger partial charge in [-0.25, -0.2) is 0 Å². The first-order valence-electron chi connectivity index (χ1n) is 8.39. The lowest BCUT2D eigenvalue weighted by molar-refractivity contribution is 0.271. The molecule has 124 valence electrons. The van der Waals surface area contributed by atoms with E-state index in [0.29, 0.717) is 0 Å². The van der Waals surface area contributed by atoms with Gasteiger partial charge < -0.3 is 10.1 Å². The van der Waals surface area contributed by atoms with Crippen molar-refractivity contribution in [2.45, 2.75) is 33.5 Å². The molecule has 0 saturated carbocycles. The topological polar surface area (TPSA) is 24.5 Å². The van der Waals surface area contributed by atoms with E-state index in [0.717, 1.165) is 38.5 Å². The first-order valence-corrected chi connectivity index (χ1v) is 8.39. The average molecular weight is 312 g/mol. The van der Waals surface area contributed by atoms with Gasteiger partial charge in [0.2, 0.25) is 0 Å². The molecular formula is C20H28N2O. The van der Waals surface area contributed by atoms with Crippen LogP contribution in [0.25, 0.3) is 0 Å². The van der Waals surface area contributed by atoms with E-state index in [4.69, 9.17) is 4.74 Å². The zero-order valence-electron chi connectivity index (χ0n) is 14.5. The van der Waals surface area contributed by atoms with Gasteiger partial charge in [-0.15, -0.1) is 0 Å². The second-order valence-corrected chi connectivity index (χ2v) is 5.72. The fourth-order valence-corrected chi connectivity index (χ4v) is 2.67. The van der Waals surface area contributed by atoms with Gasteiger partial charge in [0.05, 0.1) is 7.11 Å². The van der Waals surface area contributed by atoms with E-state index < -0.39 is 0 Å². The molecule has 0 radical (unpaired) electrons. The maximum atomic E-state index is 5.56. The van der Waals surface area contributed by atoms with Crippen LogP contribution in [0.1, 0.15) is 30.5 Å². The molecule has 0 aliphatic rings. The predicted molar refractivity (Wildman–Crippen MR) is 96.6 cm³/mol. The van der Waals surface area contributed by atoms with Crippen LogP contribution in [0.2, 0.25) is 0 Å². The molecule has 0 amide bonds. The van der Waals surface area contributed by atoms with E-state index in [1.807, 2.05) is 0 Å². The largest absolute Gasteiger partial charge is 0.496 e. The van der Waals surface area contributed by atoms with Crippen LogP contribution in [-0.2, 0) is 19.6 Å². The fourth-order valence-electron chi connectivity index (χ4n) is 2.67. The molecule has 3 nitrogen and oxygen atoms in total. The lowest BCUT2D eigenvalue weighted by Gasteiger charge is -2.21. The highest BCUT2D eigenvalue weighted by Gasteiger charge is 2.08. The molecule has 3 heteroatoms. The molecule has 0 spiro atoms. The molecule has 0 aliphatic heterocycles. The van der Waals surface area contributed by atoms with Gasteiger partial charge in [0.25, 0.3) is 0 Å². The van der Waals surface area contributed by atoms with Crippen molar-refractivity contribution in [2.75, 3.05) is 20.2 Å². The Labute approximate surface area is 140 Å². The van der Waals surface area contributed by atoms with E-state index in [-0.39, 0.29) is 0 Å². The summed E-state index contributed by atoms with van der Waals surface area (Å²) in [6.07, 6.45) is 0. The van der Waals surface area contributed by atoms with Crippen LogP contribution in [0.5, 0.6) is 5.75 Å². The monoisotopic (exact) mass is 312 g/mol. The minimum atomic E-state index is 0.849. The first-order chi connectivity index (χ1) is 11.3. The van der Waals surface area contributed by atoms with Crippen molar-refractivity contribution in [2.24, 2.45) is 0 Å². The molecule has 0 bridgehead atoms. The molecule has 0 fully saturated rings. The minimum absolute atomic E-state index is 0.849. The smallest absolute Gasteiger partial charge is 0.123 e. The lowest BCUT2D eigenvalue weighted by atomic mass is 10.1. The van der Waals surface area contributed by atoms with Crippen molar-refractivity contribution in [1.29, 1.82) is 0 Å². The Hall–Kier alpha value is -1.84. The van der Waals surface area contributed by atoms with E-state index in [1.165, 1.54) is 16.7 Å². The van der Waals surface area contributed by atoms with Crippen molar-refractivity contribution in [3.05, 3.63) is 65.2 Å². The third-order valence-corrected chi connectivity index (χ3v) is 4.02. The average Bonchev–Trinajstić information content (AvgIpc) is 2.60. The number of hydrogen-bond acceptors (Lipinski definition) is 3. The van der Waals surface area contributed by atoms with Gasteiger partial charge in [0.15, 0.2) is 0 Å². The van der Waals surface area contributed by atoms with Crippen LogP contribution >= 0.6 is 0 Å². The molecule has 23 heavy (non-hydrogen) atoms. The summed E-state index contributed by atoms with van der Waals surface area (Å²) in [5, 5.41) is 3.35. The summed E-state index contributed by atoms with van der Waals surface area (Å²) >= 11 is 0. The summed E-state index contributed by atoms with van der Waals surface area (Å²) in [5.74, 6) is 0.971. The van der Waals surface area contributed by atoms with Gasteiger partial charge in [0.1, 0.15) is 5.75 Å². The molecule has 1 N–H and O–H groups in total. The van der Waals surface area contributed by atoms with Gasteiger partial charge in [-0.1, -0.05) is 56.3 Å². The lowest BCUT2D eigenvalue weighted by Crippen LogP contribution is -2.22. The molecule has 0 heterocycles. The number of ether oxygens (including phenoxy) is 1. The Morgan fingerprint density at radius 2 is 1.70 bits per heavy atom. The van der Waals surface area contributed by atoms with E-state index in [1.54, 1.807) is 7.11 Å². The van der Waals surface area contributed by atoms with Crippen molar-refractivity contribution < 1.29 is 4.74 Å². The Balaban J connectivity index is 2.05. The normalized spacial score (nSPS) is 11.0. The number of nitrogens with one attached hydrogen (secondary N) is 1. The summed E-state index contributed by atoms with van der Waals surface area (Å²) in [7, 11) is 1.75. The predicted octanol–water partition coefficient (Wildman–Crippen LogP) is 3.83. The molecule has 0 aromatic heterocycles. The van der Waals surface area contributed by atoms with Crippen molar-refractivity contribution in [3.63, 3.8) is 0 Å². The summed E-state index contributed by atoms with van der Waals surface area (Å²) in [5.41, 5.74) is 3.86. The zero-order valence-corrected chi connectivity index (χ0v) is 14.5. The van der Waals surface area contributed by atoms with Gasteiger partial charge in [-0.3, -0.25) is 4.90 Å². The summed E-state index contributed by atoms with van der Waals surface area (Å²) in [6, 6.07) is 17.2. The van der Waals surface area contributed by atoms with Gasteiger partial charge >= 0.3 is 0 Å². The Kier molecular flexibility index (Phi) is 7.11. The fraction of sp³-hybridized carbons (Fsp3) is 0.400. The van der Waals surface area contributed by atoms with Crippen LogP contribution in [0, 0.1) is 0 Å². The number of rotatable bonds is 9. The summed E-state index contributed by atoms with van der Waals surface area (Å²) in [4.78, 5) is 2.44. The number of benzene rings is 2. The first kappa shape index (κ1) is 17.5. The van der Waals surface area contributed by atoms with Gasteiger partial charge in [-0.2, -0.15) is 0 Å². The van der Waals surface area contributed by atoms with Crippen LogP contribution in [0.3, 0.4) is 0 Å². The van der Waals surface area contributed by atoms with E-state index in [9.17, 15) is 0 Å². The molecule has 0 atom stereocenters. The number of nitrogens with zero attached hydrogens (tertiary/aromatic N) is 1. The second-order valence-electron chi connectivity index (χ2n) is 5.72.